The highest BCUT2D eigenvalue weighted by molar-refractivity contribution is 7.89. The van der Waals surface area contributed by atoms with Crippen molar-refractivity contribution in [3.8, 4) is 5.75 Å². The van der Waals surface area contributed by atoms with Crippen molar-refractivity contribution in [2.24, 2.45) is 0 Å². The zero-order valence-corrected chi connectivity index (χ0v) is 14.6. The molecular weight excluding hydrogens is 316 g/mol. The van der Waals surface area contributed by atoms with E-state index < -0.39 is 16.1 Å². The molecule has 128 valence electrons. The fraction of sp³-hybridized carbons (Fsp3) is 0.562. The Labute approximate surface area is 137 Å². The molecule has 7 heteroatoms. The minimum absolute atomic E-state index is 0.122. The van der Waals surface area contributed by atoms with Crippen LogP contribution in [0, 0.1) is 6.92 Å². The van der Waals surface area contributed by atoms with E-state index in [0.29, 0.717) is 5.75 Å². The molecule has 1 amide bonds. The van der Waals surface area contributed by atoms with Crippen LogP contribution in [0.4, 0.5) is 0 Å². The summed E-state index contributed by atoms with van der Waals surface area (Å²) in [6.45, 7) is 3.33. The van der Waals surface area contributed by atoms with Gasteiger partial charge >= 0.3 is 0 Å². The molecule has 6 nitrogen and oxygen atoms in total. The summed E-state index contributed by atoms with van der Waals surface area (Å²) in [7, 11) is -2.22. The first-order chi connectivity index (χ1) is 10.8. The lowest BCUT2D eigenvalue weighted by molar-refractivity contribution is -0.123. The maximum Gasteiger partial charge on any atom is 0.241 e. The van der Waals surface area contributed by atoms with E-state index in [1.165, 1.54) is 19.2 Å². The molecule has 0 aromatic heterocycles. The van der Waals surface area contributed by atoms with Gasteiger partial charge in [-0.3, -0.25) is 4.79 Å². The average molecular weight is 340 g/mol. The first-order valence-corrected chi connectivity index (χ1v) is 9.29. The minimum atomic E-state index is -3.75. The molecule has 0 spiro atoms. The molecule has 0 aliphatic heterocycles. The standard InChI is InChI=1S/C16H24N2O4S/c1-11-10-14(8-9-15(11)22-3)23(20,21)18-12(2)16(19)17-13-6-4-5-7-13/h8-10,12-13,18H,4-7H2,1-3H3,(H,17,19)/t12-/m0/s1. The van der Waals surface area contributed by atoms with Crippen LogP contribution in [0.1, 0.15) is 38.2 Å². The van der Waals surface area contributed by atoms with Gasteiger partial charge in [-0.05, 0) is 50.5 Å². The Balaban J connectivity index is 2.04. The number of carbonyl (C=O) groups is 1. The molecule has 0 radical (unpaired) electrons. The van der Waals surface area contributed by atoms with E-state index in [-0.39, 0.29) is 16.8 Å². The van der Waals surface area contributed by atoms with Crippen molar-refractivity contribution in [1.82, 2.24) is 10.0 Å². The molecule has 1 aliphatic carbocycles. The van der Waals surface area contributed by atoms with Crippen LogP contribution in [-0.2, 0) is 14.8 Å². The number of nitrogens with one attached hydrogen (secondary N) is 2. The lowest BCUT2D eigenvalue weighted by atomic mass is 10.2. The number of benzene rings is 1. The summed E-state index contributed by atoms with van der Waals surface area (Å²) in [5.74, 6) is 0.335. The number of hydrogen-bond donors (Lipinski definition) is 2. The van der Waals surface area contributed by atoms with Gasteiger partial charge in [0.25, 0.3) is 0 Å². The number of hydrogen-bond acceptors (Lipinski definition) is 4. The van der Waals surface area contributed by atoms with E-state index in [9.17, 15) is 13.2 Å². The average Bonchev–Trinajstić information content (AvgIpc) is 2.99. The highest BCUT2D eigenvalue weighted by Crippen LogP contribution is 2.21. The molecular formula is C16H24N2O4S. The van der Waals surface area contributed by atoms with Crippen LogP contribution in [0.3, 0.4) is 0 Å². The van der Waals surface area contributed by atoms with Crippen molar-refractivity contribution in [1.29, 1.82) is 0 Å². The minimum Gasteiger partial charge on any atom is -0.496 e. The Hall–Kier alpha value is -1.60. The van der Waals surface area contributed by atoms with Crippen molar-refractivity contribution < 1.29 is 17.9 Å². The van der Waals surface area contributed by atoms with E-state index in [4.69, 9.17) is 4.74 Å². The Morgan fingerprint density at radius 3 is 2.52 bits per heavy atom. The third-order valence-electron chi connectivity index (χ3n) is 4.10. The molecule has 0 bridgehead atoms. The molecule has 2 rings (SSSR count). The number of aryl methyl sites for hydroxylation is 1. The predicted molar refractivity (Wildman–Crippen MR) is 87.9 cm³/mol. The fourth-order valence-corrected chi connectivity index (χ4v) is 4.06. The van der Waals surface area contributed by atoms with Gasteiger partial charge in [-0.15, -0.1) is 0 Å². The number of ether oxygens (including phenoxy) is 1. The number of rotatable bonds is 6. The Kier molecular flexibility index (Phi) is 5.64. The quantitative estimate of drug-likeness (QED) is 0.826. The van der Waals surface area contributed by atoms with Gasteiger partial charge in [-0.25, -0.2) is 8.42 Å². The number of amides is 1. The second-order valence-electron chi connectivity index (χ2n) is 5.96. The second kappa shape index (κ2) is 7.31. The topological polar surface area (TPSA) is 84.5 Å². The maximum absolute atomic E-state index is 12.4. The van der Waals surface area contributed by atoms with E-state index in [1.807, 2.05) is 0 Å². The van der Waals surface area contributed by atoms with Crippen LogP contribution in [0.2, 0.25) is 0 Å². The van der Waals surface area contributed by atoms with Gasteiger partial charge in [-0.1, -0.05) is 12.8 Å². The summed E-state index contributed by atoms with van der Waals surface area (Å²) in [6.07, 6.45) is 4.14. The first-order valence-electron chi connectivity index (χ1n) is 7.81. The summed E-state index contributed by atoms with van der Waals surface area (Å²) in [6, 6.07) is 3.95. The van der Waals surface area contributed by atoms with Crippen LogP contribution in [0.15, 0.2) is 23.1 Å². The SMILES string of the molecule is COc1ccc(S(=O)(=O)N[C@@H](C)C(=O)NC2CCCC2)cc1C. The molecule has 1 aliphatic rings. The summed E-state index contributed by atoms with van der Waals surface area (Å²) in [4.78, 5) is 12.2. The highest BCUT2D eigenvalue weighted by Gasteiger charge is 2.25. The molecule has 0 saturated heterocycles. The molecule has 1 fully saturated rings. The van der Waals surface area contributed by atoms with Crippen LogP contribution < -0.4 is 14.8 Å². The lowest BCUT2D eigenvalue weighted by Gasteiger charge is -2.18. The fourth-order valence-electron chi connectivity index (χ4n) is 2.77. The van der Waals surface area contributed by atoms with Crippen LogP contribution in [-0.4, -0.2) is 33.5 Å². The molecule has 1 saturated carbocycles. The smallest absolute Gasteiger partial charge is 0.241 e. The van der Waals surface area contributed by atoms with Crippen LogP contribution in [0.5, 0.6) is 5.75 Å². The molecule has 0 heterocycles. The van der Waals surface area contributed by atoms with E-state index >= 15 is 0 Å². The normalized spacial score (nSPS) is 17.0. The third-order valence-corrected chi connectivity index (χ3v) is 5.64. The Bertz CT molecular complexity index is 667. The number of methoxy groups -OCH3 is 1. The third kappa shape index (κ3) is 4.45. The molecule has 1 aromatic carbocycles. The van der Waals surface area contributed by atoms with Gasteiger partial charge in [0.1, 0.15) is 5.75 Å². The van der Waals surface area contributed by atoms with Gasteiger partial charge in [0.05, 0.1) is 18.0 Å². The Morgan fingerprint density at radius 1 is 1.30 bits per heavy atom. The molecule has 23 heavy (non-hydrogen) atoms. The van der Waals surface area contributed by atoms with Gasteiger partial charge < -0.3 is 10.1 Å². The molecule has 1 atom stereocenters. The van der Waals surface area contributed by atoms with Gasteiger partial charge in [0.15, 0.2) is 0 Å². The van der Waals surface area contributed by atoms with Crippen LogP contribution >= 0.6 is 0 Å². The summed E-state index contributed by atoms with van der Waals surface area (Å²) in [5, 5.41) is 2.90. The van der Waals surface area contributed by atoms with E-state index in [0.717, 1.165) is 31.2 Å². The monoisotopic (exact) mass is 340 g/mol. The number of sulfonamides is 1. The first kappa shape index (κ1) is 17.7. The van der Waals surface area contributed by atoms with Crippen molar-refractivity contribution >= 4 is 15.9 Å². The zero-order valence-electron chi connectivity index (χ0n) is 13.8. The largest absolute Gasteiger partial charge is 0.496 e. The highest BCUT2D eigenvalue weighted by atomic mass is 32.2. The van der Waals surface area contributed by atoms with Crippen molar-refractivity contribution in [3.63, 3.8) is 0 Å². The molecule has 1 aromatic rings. The van der Waals surface area contributed by atoms with Gasteiger partial charge in [-0.2, -0.15) is 4.72 Å². The van der Waals surface area contributed by atoms with E-state index in [2.05, 4.69) is 10.0 Å². The molecule has 2 N–H and O–H groups in total. The van der Waals surface area contributed by atoms with Gasteiger partial charge in [0.2, 0.25) is 15.9 Å². The maximum atomic E-state index is 12.4. The van der Waals surface area contributed by atoms with Gasteiger partial charge in [0, 0.05) is 6.04 Å². The number of carbonyl (C=O) groups excluding carboxylic acids is 1. The summed E-state index contributed by atoms with van der Waals surface area (Å²) in [5.41, 5.74) is 0.721. The summed E-state index contributed by atoms with van der Waals surface area (Å²) >= 11 is 0. The van der Waals surface area contributed by atoms with Crippen LogP contribution in [0.25, 0.3) is 0 Å². The zero-order chi connectivity index (χ0) is 17.0. The van der Waals surface area contributed by atoms with E-state index in [1.54, 1.807) is 19.9 Å². The van der Waals surface area contributed by atoms with Crippen molar-refractivity contribution in [3.05, 3.63) is 23.8 Å². The molecule has 0 unspecified atom stereocenters. The van der Waals surface area contributed by atoms with Crippen molar-refractivity contribution in [2.45, 2.75) is 56.5 Å². The second-order valence-corrected chi connectivity index (χ2v) is 7.68. The Morgan fingerprint density at radius 2 is 1.96 bits per heavy atom. The van der Waals surface area contributed by atoms with Crippen molar-refractivity contribution in [2.75, 3.05) is 7.11 Å². The predicted octanol–water partition coefficient (Wildman–Crippen LogP) is 1.73. The lowest BCUT2D eigenvalue weighted by Crippen LogP contribution is -2.47. The summed E-state index contributed by atoms with van der Waals surface area (Å²) < 4.78 is 32.4.